The molecule has 1 saturated carbocycles. The molecular formula is C16H19N3OS. The second kappa shape index (κ2) is 5.87. The molecule has 3 N–H and O–H groups in total. The summed E-state index contributed by atoms with van der Waals surface area (Å²) in [5.74, 6) is 5.62. The first-order valence-corrected chi connectivity index (χ1v) is 7.97. The van der Waals surface area contributed by atoms with E-state index in [2.05, 4.69) is 11.5 Å². The zero-order valence-corrected chi connectivity index (χ0v) is 12.8. The molecule has 1 fully saturated rings. The molecule has 5 heteroatoms. The van der Waals surface area contributed by atoms with Crippen LogP contribution in [0.5, 0.6) is 0 Å². The minimum absolute atomic E-state index is 0.0545. The van der Waals surface area contributed by atoms with Crippen LogP contribution >= 0.6 is 11.3 Å². The lowest BCUT2D eigenvalue weighted by molar-refractivity contribution is 0.0732. The third kappa shape index (κ3) is 3.09. The van der Waals surface area contributed by atoms with Crippen LogP contribution < -0.4 is 11.3 Å². The van der Waals surface area contributed by atoms with Crippen LogP contribution in [0.4, 0.5) is 5.69 Å². The van der Waals surface area contributed by atoms with Crippen molar-refractivity contribution in [3.8, 4) is 0 Å². The largest absolute Gasteiger partial charge is 0.330 e. The number of carbonyl (C=O) groups excluding carboxylic acids is 1. The molecule has 0 radical (unpaired) electrons. The standard InChI is InChI=1S/C16H19N3OS/c1-11-4-7-14(15(9-11)18-17)16(20)19(12-5-6-12)10-13-3-2-8-21-13/h2-4,7-9,12,18H,5-6,10,17H2,1H3. The number of thiophene rings is 1. The van der Waals surface area contributed by atoms with Gasteiger partial charge in [-0.15, -0.1) is 11.3 Å². The first-order chi connectivity index (χ1) is 10.2. The molecule has 21 heavy (non-hydrogen) atoms. The highest BCUT2D eigenvalue weighted by molar-refractivity contribution is 7.09. The lowest BCUT2D eigenvalue weighted by Gasteiger charge is -2.23. The average Bonchev–Trinajstić information content (AvgIpc) is 3.20. The van der Waals surface area contributed by atoms with Gasteiger partial charge in [0.25, 0.3) is 5.91 Å². The SMILES string of the molecule is Cc1ccc(C(=O)N(Cc2cccs2)C2CC2)c(NN)c1. The van der Waals surface area contributed by atoms with Crippen LogP contribution in [-0.2, 0) is 6.54 Å². The van der Waals surface area contributed by atoms with Crippen LogP contribution in [0.15, 0.2) is 35.7 Å². The Morgan fingerprint density at radius 3 is 2.86 bits per heavy atom. The van der Waals surface area contributed by atoms with Crippen molar-refractivity contribution in [1.29, 1.82) is 0 Å². The van der Waals surface area contributed by atoms with Crippen LogP contribution in [0.2, 0.25) is 0 Å². The van der Waals surface area contributed by atoms with E-state index in [0.29, 0.717) is 23.8 Å². The van der Waals surface area contributed by atoms with Crippen LogP contribution in [0, 0.1) is 6.92 Å². The Morgan fingerprint density at radius 2 is 2.24 bits per heavy atom. The van der Waals surface area contributed by atoms with Crippen molar-refractivity contribution in [3.63, 3.8) is 0 Å². The van der Waals surface area contributed by atoms with Crippen LogP contribution in [-0.4, -0.2) is 16.8 Å². The van der Waals surface area contributed by atoms with Gasteiger partial charge in [-0.1, -0.05) is 12.1 Å². The predicted octanol–water partition coefficient (Wildman–Crippen LogP) is 3.15. The Morgan fingerprint density at radius 1 is 1.43 bits per heavy atom. The van der Waals surface area contributed by atoms with Gasteiger partial charge in [0.2, 0.25) is 0 Å². The average molecular weight is 301 g/mol. The van der Waals surface area contributed by atoms with Crippen molar-refractivity contribution in [1.82, 2.24) is 4.90 Å². The summed E-state index contributed by atoms with van der Waals surface area (Å²) in [7, 11) is 0. The Kier molecular flexibility index (Phi) is 3.94. The summed E-state index contributed by atoms with van der Waals surface area (Å²) in [6.45, 7) is 2.67. The molecule has 110 valence electrons. The summed E-state index contributed by atoms with van der Waals surface area (Å²) in [5.41, 5.74) is 5.06. The molecule has 0 atom stereocenters. The van der Waals surface area contributed by atoms with Gasteiger partial charge in [-0.05, 0) is 48.9 Å². The fourth-order valence-electron chi connectivity index (χ4n) is 2.44. The second-order valence-corrected chi connectivity index (χ2v) is 6.47. The molecular weight excluding hydrogens is 282 g/mol. The molecule has 1 aliphatic carbocycles. The molecule has 4 nitrogen and oxygen atoms in total. The molecule has 1 aromatic heterocycles. The van der Waals surface area contributed by atoms with Crippen molar-refractivity contribution in [2.24, 2.45) is 5.84 Å². The van der Waals surface area contributed by atoms with Crippen molar-refractivity contribution >= 4 is 22.9 Å². The first kappa shape index (κ1) is 14.1. The maximum Gasteiger partial charge on any atom is 0.256 e. The number of nitrogens with zero attached hydrogens (tertiary/aromatic N) is 1. The number of hydrogen-bond donors (Lipinski definition) is 2. The molecule has 0 aliphatic heterocycles. The number of nitrogens with one attached hydrogen (secondary N) is 1. The lowest BCUT2D eigenvalue weighted by Crippen LogP contribution is -2.33. The third-order valence-corrected chi connectivity index (χ3v) is 4.58. The fraction of sp³-hybridized carbons (Fsp3) is 0.312. The zero-order chi connectivity index (χ0) is 14.8. The van der Waals surface area contributed by atoms with E-state index in [-0.39, 0.29) is 5.91 Å². The minimum Gasteiger partial charge on any atom is -0.330 e. The predicted molar refractivity (Wildman–Crippen MR) is 86.2 cm³/mol. The van der Waals surface area contributed by atoms with Gasteiger partial charge in [0, 0.05) is 10.9 Å². The number of anilines is 1. The number of hydrazine groups is 1. The summed E-state index contributed by atoms with van der Waals surface area (Å²) in [4.78, 5) is 16.1. The number of rotatable bonds is 5. The topological polar surface area (TPSA) is 58.4 Å². The van der Waals surface area contributed by atoms with Gasteiger partial charge >= 0.3 is 0 Å². The molecule has 3 rings (SSSR count). The molecule has 1 heterocycles. The van der Waals surface area contributed by atoms with Crippen molar-refractivity contribution in [2.45, 2.75) is 32.4 Å². The molecule has 1 amide bonds. The smallest absolute Gasteiger partial charge is 0.256 e. The van der Waals surface area contributed by atoms with E-state index in [4.69, 9.17) is 5.84 Å². The van der Waals surface area contributed by atoms with Gasteiger partial charge in [0.05, 0.1) is 17.8 Å². The minimum atomic E-state index is 0.0545. The number of benzene rings is 1. The fourth-order valence-corrected chi connectivity index (χ4v) is 3.14. The lowest BCUT2D eigenvalue weighted by atomic mass is 10.1. The molecule has 0 unspecified atom stereocenters. The summed E-state index contributed by atoms with van der Waals surface area (Å²) < 4.78 is 0. The highest BCUT2D eigenvalue weighted by Gasteiger charge is 2.34. The normalized spacial score (nSPS) is 14.0. The van der Waals surface area contributed by atoms with Gasteiger partial charge in [-0.3, -0.25) is 10.6 Å². The quantitative estimate of drug-likeness (QED) is 0.659. The van der Waals surface area contributed by atoms with Gasteiger partial charge < -0.3 is 10.3 Å². The Balaban J connectivity index is 1.87. The first-order valence-electron chi connectivity index (χ1n) is 7.09. The highest BCUT2D eigenvalue weighted by atomic mass is 32.1. The molecule has 0 spiro atoms. The Hall–Kier alpha value is -1.85. The molecule has 2 aromatic rings. The Labute approximate surface area is 128 Å². The van der Waals surface area contributed by atoms with Crippen LogP contribution in [0.3, 0.4) is 0 Å². The van der Waals surface area contributed by atoms with E-state index in [1.807, 2.05) is 41.5 Å². The van der Waals surface area contributed by atoms with Crippen molar-refractivity contribution in [3.05, 3.63) is 51.7 Å². The van der Waals surface area contributed by atoms with E-state index >= 15 is 0 Å². The maximum atomic E-state index is 12.9. The summed E-state index contributed by atoms with van der Waals surface area (Å²) >= 11 is 1.69. The Bertz CT molecular complexity index is 635. The second-order valence-electron chi connectivity index (χ2n) is 5.44. The van der Waals surface area contributed by atoms with E-state index < -0.39 is 0 Å². The van der Waals surface area contributed by atoms with Gasteiger partial charge in [-0.2, -0.15) is 0 Å². The van der Waals surface area contributed by atoms with E-state index in [9.17, 15) is 4.79 Å². The summed E-state index contributed by atoms with van der Waals surface area (Å²) in [6.07, 6.45) is 2.18. The summed E-state index contributed by atoms with van der Waals surface area (Å²) in [5, 5.41) is 2.05. The third-order valence-electron chi connectivity index (χ3n) is 3.72. The van der Waals surface area contributed by atoms with Gasteiger partial charge in [-0.25, -0.2) is 0 Å². The number of nitrogen functional groups attached to an aromatic ring is 1. The molecule has 1 aliphatic rings. The monoisotopic (exact) mass is 301 g/mol. The van der Waals surface area contributed by atoms with Gasteiger partial charge in [0.1, 0.15) is 0 Å². The highest BCUT2D eigenvalue weighted by Crippen LogP contribution is 2.32. The van der Waals surface area contributed by atoms with Crippen molar-refractivity contribution in [2.75, 3.05) is 5.43 Å². The summed E-state index contributed by atoms with van der Waals surface area (Å²) in [6, 6.07) is 10.2. The van der Waals surface area contributed by atoms with Crippen LogP contribution in [0.1, 0.15) is 33.6 Å². The number of nitrogens with two attached hydrogens (primary N) is 1. The van der Waals surface area contributed by atoms with Gasteiger partial charge in [0.15, 0.2) is 0 Å². The zero-order valence-electron chi connectivity index (χ0n) is 12.0. The number of aryl methyl sites for hydroxylation is 1. The number of carbonyl (C=O) groups is 1. The van der Waals surface area contributed by atoms with E-state index in [0.717, 1.165) is 18.4 Å². The maximum absolute atomic E-state index is 12.9. The van der Waals surface area contributed by atoms with E-state index in [1.165, 1.54) is 4.88 Å². The molecule has 0 bridgehead atoms. The van der Waals surface area contributed by atoms with Crippen LogP contribution in [0.25, 0.3) is 0 Å². The van der Waals surface area contributed by atoms with E-state index in [1.54, 1.807) is 11.3 Å². The molecule has 1 aromatic carbocycles. The van der Waals surface area contributed by atoms with Crippen molar-refractivity contribution < 1.29 is 4.79 Å². The molecule has 0 saturated heterocycles. The number of hydrogen-bond acceptors (Lipinski definition) is 4. The number of amides is 1.